The molecule has 3 amide bonds. The number of hydrogen-bond donors (Lipinski definition) is 0. The lowest BCUT2D eigenvalue weighted by molar-refractivity contribution is -0.139. The van der Waals surface area contributed by atoms with Gasteiger partial charge in [0.15, 0.2) is 0 Å². The molecule has 2 aliphatic rings. The Balaban J connectivity index is 1.41. The van der Waals surface area contributed by atoms with E-state index in [4.69, 9.17) is 21.1 Å². The lowest BCUT2D eigenvalue weighted by Crippen LogP contribution is -2.61. The van der Waals surface area contributed by atoms with Gasteiger partial charge in [0.05, 0.1) is 22.8 Å². The zero-order chi connectivity index (χ0) is 28.8. The minimum absolute atomic E-state index is 0.0847. The van der Waals surface area contributed by atoms with E-state index in [1.165, 1.54) is 21.1 Å². The summed E-state index contributed by atoms with van der Waals surface area (Å²) in [6, 6.07) is 9.72. The summed E-state index contributed by atoms with van der Waals surface area (Å²) < 4.78 is 12.6. The Morgan fingerprint density at radius 3 is 2.52 bits per heavy atom. The van der Waals surface area contributed by atoms with E-state index in [-0.39, 0.29) is 50.9 Å². The van der Waals surface area contributed by atoms with Gasteiger partial charge in [-0.25, -0.2) is 4.79 Å². The fourth-order valence-electron chi connectivity index (χ4n) is 4.90. The van der Waals surface area contributed by atoms with E-state index in [1.807, 2.05) is 25.1 Å². The molecule has 2 fully saturated rings. The Hall–Kier alpha value is -3.68. The number of ether oxygens (including phenoxy) is 2. The predicted molar refractivity (Wildman–Crippen MR) is 151 cm³/mol. The fraction of sp³-hybridized carbons (Fsp3) is 0.414. The number of likely N-dealkylation sites (tertiary alicyclic amines) is 2. The molecule has 0 atom stereocenters. The molecular weight excluding hydrogens is 552 g/mol. The summed E-state index contributed by atoms with van der Waals surface area (Å²) in [7, 11) is 0. The third-order valence-electron chi connectivity index (χ3n) is 6.83. The third-order valence-corrected chi connectivity index (χ3v) is 8.19. The Kier molecular flexibility index (Phi) is 7.23. The summed E-state index contributed by atoms with van der Waals surface area (Å²) in [6.07, 6.45) is 1.74. The van der Waals surface area contributed by atoms with Crippen LogP contribution in [-0.2, 0) is 20.9 Å². The number of imide groups is 1. The minimum atomic E-state index is -0.862. The molecular formula is C29H29ClN4O5S. The summed E-state index contributed by atoms with van der Waals surface area (Å²) in [6.45, 7) is 8.01. The summed E-state index contributed by atoms with van der Waals surface area (Å²) >= 11 is 7.94. The molecule has 0 aliphatic carbocycles. The van der Waals surface area contributed by atoms with Crippen molar-refractivity contribution in [1.29, 1.82) is 5.26 Å². The van der Waals surface area contributed by atoms with Crippen LogP contribution in [0.2, 0.25) is 5.02 Å². The van der Waals surface area contributed by atoms with Crippen LogP contribution in [0.15, 0.2) is 30.5 Å². The molecule has 40 heavy (non-hydrogen) atoms. The highest BCUT2D eigenvalue weighted by atomic mass is 35.5. The Morgan fingerprint density at radius 2 is 1.88 bits per heavy atom. The van der Waals surface area contributed by atoms with Crippen molar-refractivity contribution < 1.29 is 23.9 Å². The standard InChI is InChI=1S/C29H29ClN4O5S/c1-17-9-18(30)10-21(25(17)38-16-29(13-31)14-33(15-29)27(37)39-28(2,3)4)20-7-8-32-22-11-19(40-26(20)22)12-34-23(35)5-6-24(34)36/h7-11H,5-6,12,14-16H2,1-4H3. The maximum Gasteiger partial charge on any atom is 0.410 e. The lowest BCUT2D eigenvalue weighted by Gasteiger charge is -2.45. The first-order chi connectivity index (χ1) is 18.9. The molecule has 5 rings (SSSR count). The maximum absolute atomic E-state index is 12.4. The normalized spacial score (nSPS) is 16.7. The molecule has 0 unspecified atom stereocenters. The molecule has 208 valence electrons. The van der Waals surface area contributed by atoms with Gasteiger partial charge in [0.25, 0.3) is 0 Å². The number of fused-ring (bicyclic) bond motifs is 1. The van der Waals surface area contributed by atoms with Crippen molar-refractivity contribution in [3.8, 4) is 22.9 Å². The van der Waals surface area contributed by atoms with Crippen molar-refractivity contribution in [2.45, 2.75) is 52.7 Å². The maximum atomic E-state index is 12.4. The van der Waals surface area contributed by atoms with E-state index in [2.05, 4.69) is 11.1 Å². The lowest BCUT2D eigenvalue weighted by atomic mass is 9.82. The first-order valence-electron chi connectivity index (χ1n) is 12.9. The average Bonchev–Trinajstić information content (AvgIpc) is 3.41. The van der Waals surface area contributed by atoms with Crippen LogP contribution in [0.4, 0.5) is 4.79 Å². The Morgan fingerprint density at radius 1 is 1.18 bits per heavy atom. The van der Waals surface area contributed by atoms with Crippen molar-refractivity contribution in [1.82, 2.24) is 14.8 Å². The van der Waals surface area contributed by atoms with Crippen LogP contribution < -0.4 is 4.74 Å². The van der Waals surface area contributed by atoms with E-state index >= 15 is 0 Å². The van der Waals surface area contributed by atoms with Gasteiger partial charge in [-0.05, 0) is 57.5 Å². The summed E-state index contributed by atoms with van der Waals surface area (Å²) in [5.41, 5.74) is 1.64. The molecule has 0 bridgehead atoms. The minimum Gasteiger partial charge on any atom is -0.491 e. The number of rotatable bonds is 6. The quantitative estimate of drug-likeness (QED) is 0.343. The number of thiophene rings is 1. The van der Waals surface area contributed by atoms with Crippen LogP contribution in [0.1, 0.15) is 44.1 Å². The first kappa shape index (κ1) is 27.9. The molecule has 0 spiro atoms. The van der Waals surface area contributed by atoms with Crippen molar-refractivity contribution in [2.24, 2.45) is 5.41 Å². The zero-order valence-corrected chi connectivity index (χ0v) is 24.3. The smallest absolute Gasteiger partial charge is 0.410 e. The van der Waals surface area contributed by atoms with E-state index in [1.54, 1.807) is 33.0 Å². The number of amides is 3. The van der Waals surface area contributed by atoms with Gasteiger partial charge in [-0.1, -0.05) is 11.6 Å². The van der Waals surface area contributed by atoms with Gasteiger partial charge in [0, 0.05) is 53.2 Å². The number of hydrogen-bond acceptors (Lipinski definition) is 8. The van der Waals surface area contributed by atoms with Gasteiger partial charge in [0.1, 0.15) is 23.4 Å². The SMILES string of the molecule is Cc1cc(Cl)cc(-c2ccnc3cc(CN4C(=O)CCC4=O)sc23)c1OCC1(C#N)CN(C(=O)OC(C)(C)C)C1. The highest BCUT2D eigenvalue weighted by molar-refractivity contribution is 7.19. The number of pyridine rings is 1. The molecule has 1 aromatic carbocycles. The molecule has 2 aromatic heterocycles. The third kappa shape index (κ3) is 5.49. The van der Waals surface area contributed by atoms with Crippen LogP contribution in [0.3, 0.4) is 0 Å². The van der Waals surface area contributed by atoms with E-state index in [0.29, 0.717) is 10.8 Å². The van der Waals surface area contributed by atoms with Crippen LogP contribution in [0.5, 0.6) is 5.75 Å². The Bertz CT molecular complexity index is 1550. The van der Waals surface area contributed by atoms with E-state index in [9.17, 15) is 19.6 Å². The van der Waals surface area contributed by atoms with Crippen LogP contribution in [0.25, 0.3) is 21.3 Å². The molecule has 4 heterocycles. The number of carbonyl (C=O) groups is 3. The number of carbonyl (C=O) groups excluding carboxylic acids is 3. The largest absolute Gasteiger partial charge is 0.491 e. The highest BCUT2D eigenvalue weighted by Gasteiger charge is 2.48. The van der Waals surface area contributed by atoms with Crippen LogP contribution >= 0.6 is 22.9 Å². The van der Waals surface area contributed by atoms with Gasteiger partial charge in [-0.15, -0.1) is 11.3 Å². The van der Waals surface area contributed by atoms with Gasteiger partial charge in [-0.3, -0.25) is 19.5 Å². The second kappa shape index (κ2) is 10.4. The number of nitrogens with zero attached hydrogens (tertiary/aromatic N) is 4. The number of nitriles is 1. The topological polar surface area (TPSA) is 113 Å². The monoisotopic (exact) mass is 580 g/mol. The summed E-state index contributed by atoms with van der Waals surface area (Å²) in [5, 5.41) is 10.5. The molecule has 0 saturated carbocycles. The molecule has 3 aromatic rings. The van der Waals surface area contributed by atoms with Gasteiger partial charge < -0.3 is 14.4 Å². The molecule has 11 heteroatoms. The Labute approximate surface area is 241 Å². The van der Waals surface area contributed by atoms with Crippen LogP contribution in [-0.4, -0.2) is 58.0 Å². The zero-order valence-electron chi connectivity index (χ0n) is 22.7. The number of benzene rings is 1. The van der Waals surface area contributed by atoms with E-state index in [0.717, 1.165) is 31.8 Å². The second-order valence-electron chi connectivity index (χ2n) is 11.3. The van der Waals surface area contributed by atoms with Crippen molar-refractivity contribution in [2.75, 3.05) is 19.7 Å². The fourth-order valence-corrected chi connectivity index (χ4v) is 6.30. The highest BCUT2D eigenvalue weighted by Crippen LogP contribution is 2.43. The second-order valence-corrected chi connectivity index (χ2v) is 12.8. The molecule has 9 nitrogen and oxygen atoms in total. The van der Waals surface area contributed by atoms with E-state index < -0.39 is 17.1 Å². The molecule has 0 radical (unpaired) electrons. The number of aryl methyl sites for hydroxylation is 1. The van der Waals surface area contributed by atoms with Gasteiger partial charge in [-0.2, -0.15) is 5.26 Å². The molecule has 2 aliphatic heterocycles. The summed E-state index contributed by atoms with van der Waals surface area (Å²) in [5.74, 6) is 0.260. The van der Waals surface area contributed by atoms with Crippen molar-refractivity contribution >= 4 is 51.1 Å². The van der Waals surface area contributed by atoms with Crippen LogP contribution in [0, 0.1) is 23.7 Å². The average molecular weight is 581 g/mol. The first-order valence-corrected chi connectivity index (χ1v) is 14.1. The molecule has 0 N–H and O–H groups in total. The molecule has 2 saturated heterocycles. The van der Waals surface area contributed by atoms with Gasteiger partial charge >= 0.3 is 6.09 Å². The number of halogens is 1. The van der Waals surface area contributed by atoms with Crippen molar-refractivity contribution in [3.05, 3.63) is 45.9 Å². The summed E-state index contributed by atoms with van der Waals surface area (Å²) in [4.78, 5) is 44.9. The predicted octanol–water partition coefficient (Wildman–Crippen LogP) is 5.71. The number of aromatic nitrogens is 1. The van der Waals surface area contributed by atoms with Gasteiger partial charge in [0.2, 0.25) is 11.8 Å². The van der Waals surface area contributed by atoms with Crippen molar-refractivity contribution in [3.63, 3.8) is 0 Å².